The van der Waals surface area contributed by atoms with Crippen molar-refractivity contribution in [3.8, 4) is 39.5 Å². The monoisotopic (exact) mass is 818 g/mol. The Morgan fingerprint density at radius 2 is 1.25 bits per heavy atom. The van der Waals surface area contributed by atoms with Crippen LogP contribution < -0.4 is 0 Å². The Balaban J connectivity index is 0.00000451. The van der Waals surface area contributed by atoms with Crippen molar-refractivity contribution >= 4 is 22.0 Å². The number of fused-ring (bicyclic) bond motifs is 2. The standard InChI is InChI=1S/C43H47N2O2.Pt/c1-25(2)27-21-33(39-37(22-27)47-40(45-39)35-23-30(41(3,4)5)14-15-36(35)46)28-17-29(20-31(19-28)42(6,7)8)34-24-32(43(9,10)11)18-26-13-12-16-44-38(26)34;/h12-16,18-25,46H,1-11H3;/q-1;. The average molecular weight is 819 g/mol. The summed E-state index contributed by atoms with van der Waals surface area (Å²) in [5.41, 5.74) is 11.5. The number of nitrogens with zero attached hydrogens (tertiary/aromatic N) is 2. The van der Waals surface area contributed by atoms with Crippen LogP contribution in [0, 0.1) is 6.07 Å². The molecule has 48 heavy (non-hydrogen) atoms. The Kier molecular flexibility index (Phi) is 9.34. The second-order valence-corrected chi connectivity index (χ2v) is 16.4. The van der Waals surface area contributed by atoms with Crippen LogP contribution in [0.2, 0.25) is 0 Å². The van der Waals surface area contributed by atoms with E-state index in [2.05, 4.69) is 125 Å². The first-order valence-corrected chi connectivity index (χ1v) is 16.7. The van der Waals surface area contributed by atoms with Crippen LogP contribution in [0.15, 0.2) is 77.3 Å². The molecule has 6 rings (SSSR count). The molecule has 0 amide bonds. The molecule has 2 aromatic heterocycles. The number of phenols is 1. The van der Waals surface area contributed by atoms with Crippen LogP contribution in [0.3, 0.4) is 0 Å². The second kappa shape index (κ2) is 12.6. The number of oxazole rings is 1. The Hall–Kier alpha value is -3.75. The number of pyridine rings is 1. The number of rotatable bonds is 4. The maximum atomic E-state index is 11.0. The molecule has 0 bridgehead atoms. The smallest absolute Gasteiger partial charge is 0.230 e. The molecule has 5 heteroatoms. The third-order valence-electron chi connectivity index (χ3n) is 9.16. The summed E-state index contributed by atoms with van der Waals surface area (Å²) in [4.78, 5) is 9.94. The summed E-state index contributed by atoms with van der Waals surface area (Å²) in [7, 11) is 0. The van der Waals surface area contributed by atoms with Gasteiger partial charge in [-0.2, -0.15) is 0 Å². The van der Waals surface area contributed by atoms with Crippen LogP contribution in [-0.2, 0) is 37.3 Å². The van der Waals surface area contributed by atoms with Crippen LogP contribution in [0.1, 0.15) is 104 Å². The molecule has 6 aromatic rings. The summed E-state index contributed by atoms with van der Waals surface area (Å²) in [5, 5.41) is 12.1. The van der Waals surface area contributed by atoms with Crippen molar-refractivity contribution in [2.24, 2.45) is 0 Å². The van der Waals surface area contributed by atoms with Crippen LogP contribution in [-0.4, -0.2) is 15.1 Å². The van der Waals surface area contributed by atoms with Crippen LogP contribution in [0.4, 0.5) is 0 Å². The third-order valence-corrected chi connectivity index (χ3v) is 9.16. The maximum absolute atomic E-state index is 11.0. The minimum Gasteiger partial charge on any atom is -0.507 e. The van der Waals surface area contributed by atoms with Gasteiger partial charge in [0.15, 0.2) is 0 Å². The average Bonchev–Trinajstić information content (AvgIpc) is 3.42. The van der Waals surface area contributed by atoms with Crippen molar-refractivity contribution in [1.29, 1.82) is 0 Å². The molecular formula is C43H47N2O2Pt-. The fourth-order valence-electron chi connectivity index (χ4n) is 6.00. The van der Waals surface area contributed by atoms with Gasteiger partial charge in [-0.1, -0.05) is 118 Å². The zero-order valence-electron chi connectivity index (χ0n) is 30.1. The molecule has 0 unspecified atom stereocenters. The zero-order chi connectivity index (χ0) is 34.1. The quantitative estimate of drug-likeness (QED) is 0.180. The van der Waals surface area contributed by atoms with Crippen LogP contribution in [0.5, 0.6) is 5.75 Å². The van der Waals surface area contributed by atoms with Gasteiger partial charge in [0, 0.05) is 32.8 Å². The number of hydrogen-bond acceptors (Lipinski definition) is 4. The largest absolute Gasteiger partial charge is 0.507 e. The SMILES string of the molecule is CC(C)c1cc(-c2[c-]c(-c3cc(C(C)(C)C)cc4cccnc34)cc(C(C)(C)C)c2)c2nc(-c3cc(C(C)(C)C)ccc3O)oc2c1.[Pt]. The van der Waals surface area contributed by atoms with Gasteiger partial charge < -0.3 is 9.52 Å². The van der Waals surface area contributed by atoms with Crippen LogP contribution >= 0.6 is 0 Å². The summed E-state index contributed by atoms with van der Waals surface area (Å²) >= 11 is 0. The van der Waals surface area contributed by atoms with Gasteiger partial charge in [-0.15, -0.1) is 34.9 Å². The van der Waals surface area contributed by atoms with Crippen molar-refractivity contribution in [3.63, 3.8) is 0 Å². The molecule has 1 N–H and O–H groups in total. The minimum absolute atomic E-state index is 0. The Morgan fingerprint density at radius 1 is 0.667 bits per heavy atom. The van der Waals surface area contributed by atoms with Gasteiger partial charge in [-0.25, -0.2) is 4.98 Å². The van der Waals surface area contributed by atoms with E-state index in [-0.39, 0.29) is 49.0 Å². The Labute approximate surface area is 300 Å². The molecule has 4 aromatic carbocycles. The van der Waals surface area contributed by atoms with E-state index in [1.807, 2.05) is 24.4 Å². The number of benzene rings is 4. The Morgan fingerprint density at radius 3 is 1.85 bits per heavy atom. The van der Waals surface area contributed by atoms with Gasteiger partial charge in [0.2, 0.25) is 5.89 Å². The fraction of sp³-hybridized carbons (Fsp3) is 0.349. The zero-order valence-corrected chi connectivity index (χ0v) is 32.3. The van der Waals surface area contributed by atoms with E-state index < -0.39 is 0 Å². The van der Waals surface area contributed by atoms with Crippen molar-refractivity contribution in [1.82, 2.24) is 9.97 Å². The molecule has 2 heterocycles. The predicted octanol–water partition coefficient (Wildman–Crippen LogP) is 11.9. The molecule has 0 saturated carbocycles. The number of phenolic OH excluding ortho intramolecular Hbond substituents is 1. The molecule has 0 atom stereocenters. The van der Waals surface area contributed by atoms with E-state index in [1.54, 1.807) is 6.07 Å². The summed E-state index contributed by atoms with van der Waals surface area (Å²) < 4.78 is 6.48. The van der Waals surface area contributed by atoms with Crippen molar-refractivity contribution in [3.05, 3.63) is 101 Å². The molecule has 0 aliphatic rings. The molecule has 0 aliphatic carbocycles. The molecule has 0 spiro atoms. The van der Waals surface area contributed by atoms with Gasteiger partial charge >= 0.3 is 0 Å². The molecule has 0 fully saturated rings. The number of hydrogen-bond donors (Lipinski definition) is 1. The summed E-state index contributed by atoms with van der Waals surface area (Å²) in [6.07, 6.45) is 1.87. The molecule has 0 aliphatic heterocycles. The number of aromatic nitrogens is 2. The topological polar surface area (TPSA) is 59.2 Å². The summed E-state index contributed by atoms with van der Waals surface area (Å²) in [6, 6.07) is 27.1. The van der Waals surface area contributed by atoms with Crippen molar-refractivity contribution < 1.29 is 30.6 Å². The van der Waals surface area contributed by atoms with Crippen molar-refractivity contribution in [2.75, 3.05) is 0 Å². The summed E-state index contributed by atoms with van der Waals surface area (Å²) in [5.74, 6) is 0.828. The van der Waals surface area contributed by atoms with Gasteiger partial charge in [0.1, 0.15) is 11.3 Å². The first kappa shape index (κ1) is 35.6. The minimum atomic E-state index is -0.119. The van der Waals surface area contributed by atoms with Gasteiger partial charge in [-0.3, -0.25) is 4.98 Å². The van der Waals surface area contributed by atoms with E-state index in [0.29, 0.717) is 17.0 Å². The van der Waals surface area contributed by atoms with Crippen LogP contribution in [0.25, 0.3) is 55.7 Å². The molecular weight excluding hydrogens is 772 g/mol. The van der Waals surface area contributed by atoms with E-state index in [0.717, 1.165) is 49.8 Å². The molecule has 4 nitrogen and oxygen atoms in total. The normalized spacial score (nSPS) is 12.6. The van der Waals surface area contributed by atoms with Gasteiger partial charge in [0.05, 0.1) is 11.1 Å². The molecule has 0 radical (unpaired) electrons. The maximum Gasteiger partial charge on any atom is 0.230 e. The first-order chi connectivity index (χ1) is 21.9. The fourth-order valence-corrected chi connectivity index (χ4v) is 6.00. The van der Waals surface area contributed by atoms with E-state index in [4.69, 9.17) is 14.4 Å². The van der Waals surface area contributed by atoms with E-state index in [9.17, 15) is 5.11 Å². The van der Waals surface area contributed by atoms with Gasteiger partial charge in [-0.05, 0) is 68.5 Å². The Bertz CT molecular complexity index is 2140. The second-order valence-electron chi connectivity index (χ2n) is 16.4. The third kappa shape index (κ3) is 6.88. The van der Waals surface area contributed by atoms with E-state index in [1.165, 1.54) is 11.1 Å². The van der Waals surface area contributed by atoms with Crippen molar-refractivity contribution in [2.45, 2.75) is 98.3 Å². The van der Waals surface area contributed by atoms with E-state index >= 15 is 0 Å². The first-order valence-electron chi connectivity index (χ1n) is 16.7. The molecule has 0 saturated heterocycles. The molecule has 252 valence electrons. The van der Waals surface area contributed by atoms with Gasteiger partial charge in [0.25, 0.3) is 0 Å². The number of aromatic hydroxyl groups is 1. The summed E-state index contributed by atoms with van der Waals surface area (Å²) in [6.45, 7) is 24.4. The predicted molar refractivity (Wildman–Crippen MR) is 196 cm³/mol.